The molecule has 1 aliphatic heterocycles. The summed E-state index contributed by atoms with van der Waals surface area (Å²) in [5.41, 5.74) is 0. The largest absolute Gasteiger partial charge is 0.411 e. The summed E-state index contributed by atoms with van der Waals surface area (Å²) in [6, 6.07) is -0.273. The molecule has 1 fully saturated rings. The van der Waals surface area contributed by atoms with Gasteiger partial charge >= 0.3 is 6.18 Å². The predicted molar refractivity (Wildman–Crippen MR) is 69.0 cm³/mol. The number of nitrogens with zero attached hydrogens (tertiary/aromatic N) is 1. The number of ether oxygens (including phenoxy) is 1. The molecule has 1 N–H and O–H groups in total. The van der Waals surface area contributed by atoms with E-state index in [1.807, 2.05) is 27.7 Å². The first-order chi connectivity index (χ1) is 9.13. The number of hydrogen-bond acceptors (Lipinski definition) is 3. The molecule has 1 saturated heterocycles. The van der Waals surface area contributed by atoms with Gasteiger partial charge in [0.05, 0.1) is 18.8 Å². The van der Waals surface area contributed by atoms with E-state index >= 15 is 0 Å². The van der Waals surface area contributed by atoms with E-state index in [2.05, 4.69) is 10.1 Å². The predicted octanol–water partition coefficient (Wildman–Crippen LogP) is 2.00. The van der Waals surface area contributed by atoms with Crippen molar-refractivity contribution >= 4 is 5.91 Å². The minimum absolute atomic E-state index is 0.0608. The smallest absolute Gasteiger partial charge is 0.370 e. The molecule has 0 radical (unpaired) electrons. The molecule has 20 heavy (non-hydrogen) atoms. The fraction of sp³-hybridized carbons (Fsp3) is 0.923. The molecule has 2 atom stereocenters. The van der Waals surface area contributed by atoms with Crippen molar-refractivity contribution in [1.29, 1.82) is 0 Å². The summed E-state index contributed by atoms with van der Waals surface area (Å²) < 4.78 is 40.5. The van der Waals surface area contributed by atoms with Crippen LogP contribution < -0.4 is 5.32 Å². The first kappa shape index (κ1) is 17.2. The second-order valence-corrected chi connectivity index (χ2v) is 5.78. The highest BCUT2D eigenvalue weighted by atomic mass is 19.4. The Hall–Kier alpha value is -0.820. The summed E-state index contributed by atoms with van der Waals surface area (Å²) in [7, 11) is 0. The van der Waals surface area contributed by atoms with Gasteiger partial charge in [-0.05, 0) is 11.8 Å². The molecule has 0 aromatic rings. The summed E-state index contributed by atoms with van der Waals surface area (Å²) in [6.07, 6.45) is -4.48. The number of rotatable bonds is 6. The zero-order valence-electron chi connectivity index (χ0n) is 12.3. The van der Waals surface area contributed by atoms with Gasteiger partial charge in [-0.25, -0.2) is 0 Å². The van der Waals surface area contributed by atoms with Crippen molar-refractivity contribution in [2.75, 3.05) is 19.8 Å². The van der Waals surface area contributed by atoms with Gasteiger partial charge in [-0.2, -0.15) is 13.2 Å². The number of alkyl halides is 3. The Morgan fingerprint density at radius 2 is 1.85 bits per heavy atom. The number of nitrogens with one attached hydrogen (secondary N) is 1. The van der Waals surface area contributed by atoms with Crippen molar-refractivity contribution < 1.29 is 22.7 Å². The highest BCUT2D eigenvalue weighted by molar-refractivity contribution is 5.84. The summed E-state index contributed by atoms with van der Waals surface area (Å²) >= 11 is 0. The van der Waals surface area contributed by atoms with Gasteiger partial charge in [-0.3, -0.25) is 10.1 Å². The van der Waals surface area contributed by atoms with E-state index in [9.17, 15) is 18.0 Å². The van der Waals surface area contributed by atoms with Crippen LogP contribution >= 0.6 is 0 Å². The summed E-state index contributed by atoms with van der Waals surface area (Å²) in [4.78, 5) is 13.8. The van der Waals surface area contributed by atoms with Gasteiger partial charge in [0.15, 0.2) is 0 Å². The lowest BCUT2D eigenvalue weighted by Crippen LogP contribution is -2.43. The van der Waals surface area contributed by atoms with Crippen LogP contribution in [0, 0.1) is 11.8 Å². The maximum Gasteiger partial charge on any atom is 0.411 e. The maximum atomic E-state index is 12.2. The first-order valence-corrected chi connectivity index (χ1v) is 6.84. The van der Waals surface area contributed by atoms with Gasteiger partial charge in [0.2, 0.25) is 5.91 Å². The molecule has 0 spiro atoms. The van der Waals surface area contributed by atoms with Gasteiger partial charge in [-0.1, -0.05) is 27.7 Å². The van der Waals surface area contributed by atoms with Crippen LogP contribution in [0.1, 0.15) is 27.7 Å². The normalized spacial score (nSPS) is 24.2. The lowest BCUT2D eigenvalue weighted by molar-refractivity contribution is -0.175. The van der Waals surface area contributed by atoms with Crippen LogP contribution in [0.4, 0.5) is 13.2 Å². The van der Waals surface area contributed by atoms with Gasteiger partial charge in [-0.15, -0.1) is 0 Å². The molecule has 118 valence electrons. The monoisotopic (exact) mass is 296 g/mol. The molecule has 1 rings (SSSR count). The molecular weight excluding hydrogens is 273 g/mol. The quantitative estimate of drug-likeness (QED) is 0.762. The molecule has 0 aromatic carbocycles. The molecular formula is C13H23F3N2O2. The zero-order chi connectivity index (χ0) is 15.5. The number of hydrogen-bond donors (Lipinski definition) is 1. The Morgan fingerprint density at radius 1 is 1.25 bits per heavy atom. The Bertz CT molecular complexity index is 332. The van der Waals surface area contributed by atoms with Crippen LogP contribution in [0.5, 0.6) is 0 Å². The van der Waals surface area contributed by atoms with E-state index in [1.54, 1.807) is 4.90 Å². The summed E-state index contributed by atoms with van der Waals surface area (Å²) in [6.45, 7) is 6.61. The van der Waals surface area contributed by atoms with Crippen LogP contribution in [0.3, 0.4) is 0 Å². The van der Waals surface area contributed by atoms with Gasteiger partial charge in [0.1, 0.15) is 6.61 Å². The van der Waals surface area contributed by atoms with Crippen LogP contribution in [-0.4, -0.2) is 48.9 Å². The van der Waals surface area contributed by atoms with E-state index < -0.39 is 12.8 Å². The molecule has 7 heteroatoms. The second kappa shape index (κ2) is 6.76. The third-order valence-corrected chi connectivity index (χ3v) is 3.28. The number of carbonyl (C=O) groups excluding carboxylic acids is 1. The zero-order valence-corrected chi connectivity index (χ0v) is 12.3. The third kappa shape index (κ3) is 4.63. The minimum atomic E-state index is -4.33. The molecule has 1 amide bonds. The third-order valence-electron chi connectivity index (χ3n) is 3.28. The lowest BCUT2D eigenvalue weighted by Gasteiger charge is -2.27. The first-order valence-electron chi connectivity index (χ1n) is 6.84. The summed E-state index contributed by atoms with van der Waals surface area (Å²) in [5.74, 6) is 0.268. The molecule has 4 nitrogen and oxygen atoms in total. The highest BCUT2D eigenvalue weighted by Crippen LogP contribution is 2.21. The van der Waals surface area contributed by atoms with Crippen molar-refractivity contribution in [2.24, 2.45) is 11.8 Å². The van der Waals surface area contributed by atoms with Crippen LogP contribution in [0.25, 0.3) is 0 Å². The molecule has 1 aliphatic rings. The number of carbonyl (C=O) groups is 1. The number of amides is 1. The summed E-state index contributed by atoms with van der Waals surface area (Å²) in [5, 5.41) is 3.25. The van der Waals surface area contributed by atoms with Gasteiger partial charge in [0.25, 0.3) is 0 Å². The standard InChI is InChI=1S/C13H23F3N2O2/c1-8(2)10-12(19)18(11(17-10)9(3)4)5-6-20-7-13(14,15)16/h8-11,17H,5-7H2,1-4H3. The highest BCUT2D eigenvalue weighted by Gasteiger charge is 2.41. The molecule has 0 aliphatic carbocycles. The second-order valence-electron chi connectivity index (χ2n) is 5.78. The number of halogens is 3. The van der Waals surface area contributed by atoms with E-state index in [-0.39, 0.29) is 43.1 Å². The van der Waals surface area contributed by atoms with Crippen molar-refractivity contribution in [3.05, 3.63) is 0 Å². The molecule has 0 bridgehead atoms. The van der Waals surface area contributed by atoms with Gasteiger partial charge in [0, 0.05) is 6.54 Å². The maximum absolute atomic E-state index is 12.2. The SMILES string of the molecule is CC(C)C1NC(C(C)C)N(CCOCC(F)(F)F)C1=O. The molecule has 0 saturated carbocycles. The van der Waals surface area contributed by atoms with Crippen molar-refractivity contribution in [1.82, 2.24) is 10.2 Å². The van der Waals surface area contributed by atoms with Gasteiger partial charge < -0.3 is 9.64 Å². The van der Waals surface area contributed by atoms with Crippen LogP contribution in [-0.2, 0) is 9.53 Å². The Morgan fingerprint density at radius 3 is 2.30 bits per heavy atom. The van der Waals surface area contributed by atoms with Crippen LogP contribution in [0.15, 0.2) is 0 Å². The average molecular weight is 296 g/mol. The van der Waals surface area contributed by atoms with Crippen LogP contribution in [0.2, 0.25) is 0 Å². The Balaban J connectivity index is 2.54. The van der Waals surface area contributed by atoms with Crippen molar-refractivity contribution in [3.63, 3.8) is 0 Å². The lowest BCUT2D eigenvalue weighted by atomic mass is 10.1. The van der Waals surface area contributed by atoms with E-state index in [4.69, 9.17) is 0 Å². The molecule has 1 heterocycles. The topological polar surface area (TPSA) is 41.6 Å². The fourth-order valence-electron chi connectivity index (χ4n) is 2.29. The Kier molecular flexibility index (Phi) is 5.82. The molecule has 0 aromatic heterocycles. The van der Waals surface area contributed by atoms with Crippen molar-refractivity contribution in [3.8, 4) is 0 Å². The van der Waals surface area contributed by atoms with E-state index in [0.717, 1.165) is 0 Å². The van der Waals surface area contributed by atoms with E-state index in [1.165, 1.54) is 0 Å². The fourth-order valence-corrected chi connectivity index (χ4v) is 2.29. The van der Waals surface area contributed by atoms with E-state index in [0.29, 0.717) is 0 Å². The molecule has 2 unspecified atom stereocenters. The Labute approximate surface area is 117 Å². The minimum Gasteiger partial charge on any atom is -0.370 e. The average Bonchev–Trinajstić information content (AvgIpc) is 2.61. The van der Waals surface area contributed by atoms with Crippen molar-refractivity contribution in [2.45, 2.75) is 46.1 Å².